The third-order valence-corrected chi connectivity index (χ3v) is 10.3. The van der Waals surface area contributed by atoms with Crippen LogP contribution in [0.5, 0.6) is 0 Å². The lowest BCUT2D eigenvalue weighted by molar-refractivity contribution is -0.191. The van der Waals surface area contributed by atoms with Gasteiger partial charge >= 0.3 is 6.15 Å². The van der Waals surface area contributed by atoms with Gasteiger partial charge in [-0.1, -0.05) is 127 Å². The summed E-state index contributed by atoms with van der Waals surface area (Å²) in [5.74, 6) is -0.0428. The maximum Gasteiger partial charge on any atom is 0.373 e. The summed E-state index contributed by atoms with van der Waals surface area (Å²) >= 11 is 6.65. The van der Waals surface area contributed by atoms with Gasteiger partial charge in [-0.15, -0.1) is 0 Å². The monoisotopic (exact) mass is 690 g/mol. The minimum absolute atomic E-state index is 0.0428. The summed E-state index contributed by atoms with van der Waals surface area (Å²) in [5, 5.41) is 1.81. The van der Waals surface area contributed by atoms with E-state index in [0.29, 0.717) is 18.0 Å². The van der Waals surface area contributed by atoms with Crippen LogP contribution in [-0.2, 0) is 44.6 Å². The van der Waals surface area contributed by atoms with Gasteiger partial charge in [-0.25, -0.2) is 13.1 Å². The molecule has 0 spiro atoms. The number of nitrogens with zero attached hydrogens (tertiary/aromatic N) is 1. The molecular formula is C41H39ClN2O4S. The molecule has 49 heavy (non-hydrogen) atoms. The Morgan fingerprint density at radius 2 is 1.31 bits per heavy atom. The molecule has 1 heterocycles. The lowest BCUT2D eigenvalue weighted by Crippen LogP contribution is -2.28. The van der Waals surface area contributed by atoms with E-state index in [0.717, 1.165) is 58.1 Å². The number of halogens is 1. The summed E-state index contributed by atoms with van der Waals surface area (Å²) < 4.78 is 31.9. The van der Waals surface area contributed by atoms with Crippen LogP contribution in [0, 0.1) is 6.92 Å². The van der Waals surface area contributed by atoms with Crippen molar-refractivity contribution in [3.05, 3.63) is 178 Å². The summed E-state index contributed by atoms with van der Waals surface area (Å²) in [6, 6.07) is 45.3. The van der Waals surface area contributed by atoms with Crippen molar-refractivity contribution in [3.8, 4) is 0 Å². The molecule has 5 aromatic carbocycles. The van der Waals surface area contributed by atoms with Crippen molar-refractivity contribution >= 4 is 38.7 Å². The van der Waals surface area contributed by atoms with Crippen LogP contribution in [-0.4, -0.2) is 25.7 Å². The van der Waals surface area contributed by atoms with Crippen molar-refractivity contribution in [2.45, 2.75) is 44.4 Å². The molecule has 0 fully saturated rings. The number of hydrogen-bond donors (Lipinski definition) is 1. The molecule has 1 N–H and O–H groups in total. The third kappa shape index (κ3) is 9.23. The molecule has 0 radical (unpaired) electrons. The van der Waals surface area contributed by atoms with Gasteiger partial charge in [0, 0.05) is 34.6 Å². The lowest BCUT2D eigenvalue weighted by Gasteiger charge is -2.25. The Hall–Kier alpha value is -4.78. The van der Waals surface area contributed by atoms with Crippen LogP contribution in [0.1, 0.15) is 51.5 Å². The van der Waals surface area contributed by atoms with E-state index in [9.17, 15) is 8.42 Å². The summed E-state index contributed by atoms with van der Waals surface area (Å²) in [7, 11) is -3.55. The molecule has 0 atom stereocenters. The zero-order valence-electron chi connectivity index (χ0n) is 27.4. The largest absolute Gasteiger partial charge is 0.373 e. The number of rotatable bonds is 13. The van der Waals surface area contributed by atoms with Crippen LogP contribution in [0.4, 0.5) is 0 Å². The molecule has 6 rings (SSSR count). The highest BCUT2D eigenvalue weighted by Crippen LogP contribution is 2.38. The fourth-order valence-corrected chi connectivity index (χ4v) is 7.90. The van der Waals surface area contributed by atoms with Gasteiger partial charge < -0.3 is 4.57 Å². The average molecular weight is 691 g/mol. The van der Waals surface area contributed by atoms with Crippen molar-refractivity contribution in [2.75, 3.05) is 6.54 Å². The van der Waals surface area contributed by atoms with Crippen LogP contribution >= 0.6 is 11.6 Å². The first kappa shape index (κ1) is 35.5. The highest BCUT2D eigenvalue weighted by molar-refractivity contribution is 7.88. The number of benzene rings is 5. The quantitative estimate of drug-likeness (QED) is 0.132. The van der Waals surface area contributed by atoms with Crippen molar-refractivity contribution < 1.29 is 18.0 Å². The molecular weight excluding hydrogens is 652 g/mol. The van der Waals surface area contributed by atoms with Crippen LogP contribution in [0.15, 0.2) is 133 Å². The molecule has 250 valence electrons. The molecule has 1 aromatic heterocycles. The first-order valence-electron chi connectivity index (χ1n) is 16.3. The molecule has 0 aliphatic rings. The molecule has 0 aliphatic heterocycles. The summed E-state index contributed by atoms with van der Waals surface area (Å²) in [6.45, 7) is 2.24. The fourth-order valence-electron chi connectivity index (χ4n) is 6.48. The van der Waals surface area contributed by atoms with Gasteiger partial charge in [0.25, 0.3) is 0 Å². The predicted octanol–water partition coefficient (Wildman–Crippen LogP) is 8.49. The number of sulfonamides is 1. The Bertz CT molecular complexity index is 2070. The first-order chi connectivity index (χ1) is 23.8. The average Bonchev–Trinajstić information content (AvgIpc) is 3.39. The van der Waals surface area contributed by atoms with Gasteiger partial charge in [0.2, 0.25) is 10.0 Å². The van der Waals surface area contributed by atoms with Gasteiger partial charge in [0.05, 0.1) is 11.8 Å². The standard InChI is InChI=1S/C40H39ClN2O2S.CO2/c1-30-14-11-12-22-34(30)29-46(44,45)42-27-26-39-36(23-13-17-31-15-5-2-6-16-31)37-28-35(41)24-25-38(37)43(39)40(32-18-7-3-8-19-32)33-20-9-4-10-21-33;2-1-3/h2-12,14-16,18-22,24-25,28,40,42H,13,17,23,26-27,29H2,1H3;. The molecule has 0 saturated carbocycles. The topological polar surface area (TPSA) is 85.2 Å². The van der Waals surface area contributed by atoms with Gasteiger partial charge in [-0.3, -0.25) is 0 Å². The van der Waals surface area contributed by atoms with Gasteiger partial charge in [-0.05, 0) is 77.8 Å². The minimum atomic E-state index is -3.55. The second kappa shape index (κ2) is 17.0. The molecule has 6 aromatic rings. The van der Waals surface area contributed by atoms with E-state index in [-0.39, 0.29) is 17.9 Å². The van der Waals surface area contributed by atoms with Crippen molar-refractivity contribution in [1.82, 2.24) is 9.29 Å². The number of fused-ring (bicyclic) bond motifs is 1. The van der Waals surface area contributed by atoms with Crippen LogP contribution < -0.4 is 4.72 Å². The van der Waals surface area contributed by atoms with Crippen LogP contribution in [0.25, 0.3) is 10.9 Å². The van der Waals surface area contributed by atoms with E-state index in [1.54, 1.807) is 0 Å². The number of carbonyl (C=O) groups excluding carboxylic acids is 2. The molecule has 6 nitrogen and oxygen atoms in total. The maximum atomic E-state index is 13.3. The summed E-state index contributed by atoms with van der Waals surface area (Å²) in [5.41, 5.74) is 8.86. The zero-order chi connectivity index (χ0) is 34.6. The van der Waals surface area contributed by atoms with Gasteiger partial charge in [0.1, 0.15) is 0 Å². The highest BCUT2D eigenvalue weighted by atomic mass is 35.5. The second-order valence-electron chi connectivity index (χ2n) is 11.9. The fraction of sp³-hybridized carbons (Fsp3) is 0.195. The lowest BCUT2D eigenvalue weighted by atomic mass is 9.97. The Kier molecular flexibility index (Phi) is 12.4. The molecule has 0 amide bonds. The predicted molar refractivity (Wildman–Crippen MR) is 196 cm³/mol. The van der Waals surface area contributed by atoms with Crippen LogP contribution in [0.3, 0.4) is 0 Å². The molecule has 0 bridgehead atoms. The van der Waals surface area contributed by atoms with Crippen molar-refractivity contribution in [3.63, 3.8) is 0 Å². The van der Waals surface area contributed by atoms with E-state index in [1.807, 2.05) is 55.5 Å². The highest BCUT2D eigenvalue weighted by Gasteiger charge is 2.26. The van der Waals surface area contributed by atoms with Crippen molar-refractivity contribution in [1.29, 1.82) is 0 Å². The van der Waals surface area contributed by atoms with E-state index in [4.69, 9.17) is 21.2 Å². The number of aryl methyl sites for hydroxylation is 3. The van der Waals surface area contributed by atoms with Crippen LogP contribution in [0.2, 0.25) is 5.02 Å². The Balaban J connectivity index is 0.00000151. The Morgan fingerprint density at radius 1 is 0.735 bits per heavy atom. The normalized spacial score (nSPS) is 11.2. The molecule has 0 aliphatic carbocycles. The zero-order valence-corrected chi connectivity index (χ0v) is 29.0. The molecule has 0 unspecified atom stereocenters. The summed E-state index contributed by atoms with van der Waals surface area (Å²) in [4.78, 5) is 16.2. The van der Waals surface area contributed by atoms with Crippen molar-refractivity contribution in [2.24, 2.45) is 0 Å². The van der Waals surface area contributed by atoms with Gasteiger partial charge in [-0.2, -0.15) is 9.59 Å². The van der Waals surface area contributed by atoms with E-state index >= 15 is 0 Å². The minimum Gasteiger partial charge on any atom is -0.333 e. The number of aromatic nitrogens is 1. The number of hydrogen-bond acceptors (Lipinski definition) is 4. The molecule has 8 heteroatoms. The molecule has 0 saturated heterocycles. The summed E-state index contributed by atoms with van der Waals surface area (Å²) in [6.07, 6.45) is 3.55. The third-order valence-electron chi connectivity index (χ3n) is 8.70. The maximum absolute atomic E-state index is 13.3. The van der Waals surface area contributed by atoms with E-state index in [2.05, 4.69) is 94.2 Å². The van der Waals surface area contributed by atoms with Gasteiger partial charge in [0.15, 0.2) is 0 Å². The first-order valence-corrected chi connectivity index (χ1v) is 18.3. The van der Waals surface area contributed by atoms with E-state index in [1.165, 1.54) is 11.1 Å². The second-order valence-corrected chi connectivity index (χ2v) is 14.2. The SMILES string of the molecule is Cc1ccccc1CS(=O)(=O)NCCc1c(CCCc2ccccc2)c2cc(Cl)ccc2n1C(c1ccccc1)c1ccccc1.O=C=O. The number of nitrogens with one attached hydrogen (secondary N) is 1. The Labute approximate surface area is 293 Å². The smallest absolute Gasteiger partial charge is 0.333 e. The van der Waals surface area contributed by atoms with E-state index < -0.39 is 10.0 Å². The Morgan fingerprint density at radius 3 is 1.92 bits per heavy atom.